The first-order valence-corrected chi connectivity index (χ1v) is 7.45. The van der Waals surface area contributed by atoms with E-state index in [4.69, 9.17) is 5.26 Å². The maximum atomic E-state index is 14.4. The minimum absolute atomic E-state index is 0.0890. The van der Waals surface area contributed by atoms with Crippen LogP contribution in [-0.2, 0) is 9.59 Å². The molecular weight excluding hydrogens is 273 g/mol. The van der Waals surface area contributed by atoms with E-state index in [1.807, 2.05) is 6.07 Å². The highest BCUT2D eigenvalue weighted by molar-refractivity contribution is 5.89. The van der Waals surface area contributed by atoms with Crippen molar-refractivity contribution in [1.29, 1.82) is 5.26 Å². The molecule has 0 heterocycles. The number of carbonyl (C=O) groups is 2. The van der Waals surface area contributed by atoms with Crippen LogP contribution in [0.15, 0.2) is 0 Å². The lowest BCUT2D eigenvalue weighted by Gasteiger charge is -2.17. The van der Waals surface area contributed by atoms with Gasteiger partial charge in [-0.3, -0.25) is 9.59 Å². The second-order valence-electron chi connectivity index (χ2n) is 6.70. The van der Waals surface area contributed by atoms with Crippen LogP contribution >= 0.6 is 0 Å². The fraction of sp³-hybridized carbons (Fsp3) is 0.800. The van der Waals surface area contributed by atoms with Gasteiger partial charge >= 0.3 is 0 Å². The molecule has 2 aliphatic carbocycles. The fourth-order valence-electron chi connectivity index (χ4n) is 2.59. The molecule has 2 N–H and O–H groups in total. The number of hydrogen-bond donors (Lipinski definition) is 2. The maximum Gasteiger partial charge on any atom is 0.258 e. The second-order valence-corrected chi connectivity index (χ2v) is 6.70. The molecule has 3 atom stereocenters. The van der Waals surface area contributed by atoms with Crippen molar-refractivity contribution < 1.29 is 14.0 Å². The summed E-state index contributed by atoms with van der Waals surface area (Å²) in [6.45, 7) is 5.36. The topological polar surface area (TPSA) is 82.0 Å². The van der Waals surface area contributed by atoms with Gasteiger partial charge in [0.1, 0.15) is 5.41 Å². The normalized spacial score (nSPS) is 30.2. The van der Waals surface area contributed by atoms with Gasteiger partial charge in [0, 0.05) is 18.0 Å². The average Bonchev–Trinajstić information content (AvgIpc) is 3.26. The lowest BCUT2D eigenvalue weighted by Crippen LogP contribution is -2.41. The Hall–Kier alpha value is -1.64. The molecule has 6 heteroatoms. The van der Waals surface area contributed by atoms with Crippen LogP contribution in [0.4, 0.5) is 4.39 Å². The van der Waals surface area contributed by atoms with Crippen LogP contribution in [0.3, 0.4) is 0 Å². The summed E-state index contributed by atoms with van der Waals surface area (Å²) >= 11 is 0. The molecule has 116 valence electrons. The summed E-state index contributed by atoms with van der Waals surface area (Å²) < 4.78 is 14.4. The number of nitriles is 1. The lowest BCUT2D eigenvalue weighted by atomic mass is 10.1. The molecule has 0 saturated heterocycles. The van der Waals surface area contributed by atoms with Gasteiger partial charge in [-0.15, -0.1) is 0 Å². The Kier molecular flexibility index (Phi) is 3.96. The Bertz CT molecular complexity index is 496. The summed E-state index contributed by atoms with van der Waals surface area (Å²) in [6.07, 6.45) is 1.80. The van der Waals surface area contributed by atoms with Crippen molar-refractivity contribution in [2.75, 3.05) is 0 Å². The van der Waals surface area contributed by atoms with E-state index >= 15 is 0 Å². The van der Waals surface area contributed by atoms with Gasteiger partial charge in [-0.05, 0) is 46.5 Å². The van der Waals surface area contributed by atoms with Gasteiger partial charge in [0.15, 0.2) is 5.67 Å². The van der Waals surface area contributed by atoms with Crippen molar-refractivity contribution in [3.05, 3.63) is 0 Å². The first-order chi connectivity index (χ1) is 9.73. The molecule has 0 aliphatic heterocycles. The molecular formula is C15H22FN3O2. The van der Waals surface area contributed by atoms with Crippen molar-refractivity contribution in [1.82, 2.24) is 10.6 Å². The highest BCUT2D eigenvalue weighted by Gasteiger charge is 2.61. The third-order valence-corrected chi connectivity index (χ3v) is 4.24. The smallest absolute Gasteiger partial charge is 0.258 e. The standard InChI is InChI=1S/C15H22FN3O2/c1-9(2)18-13(21)15(16)7-11(15)6-10(3)19-12(20)14(8-17)4-5-14/h9-11H,4-7H2,1-3H3,(H,18,21)(H,19,20). The monoisotopic (exact) mass is 295 g/mol. The first-order valence-electron chi connectivity index (χ1n) is 7.45. The molecule has 0 aromatic heterocycles. The minimum Gasteiger partial charge on any atom is -0.352 e. The molecule has 2 saturated carbocycles. The van der Waals surface area contributed by atoms with E-state index in [2.05, 4.69) is 10.6 Å². The van der Waals surface area contributed by atoms with E-state index in [-0.39, 0.29) is 30.3 Å². The van der Waals surface area contributed by atoms with Gasteiger partial charge in [0.2, 0.25) is 5.91 Å². The van der Waals surface area contributed by atoms with Crippen LogP contribution in [0.25, 0.3) is 0 Å². The summed E-state index contributed by atoms with van der Waals surface area (Å²) in [7, 11) is 0. The van der Waals surface area contributed by atoms with Crippen LogP contribution in [0.2, 0.25) is 0 Å². The van der Waals surface area contributed by atoms with E-state index in [0.29, 0.717) is 19.3 Å². The molecule has 3 unspecified atom stereocenters. The summed E-state index contributed by atoms with van der Waals surface area (Å²) in [5.41, 5.74) is -2.66. The third kappa shape index (κ3) is 3.17. The Balaban J connectivity index is 1.80. The minimum atomic E-state index is -1.80. The summed E-state index contributed by atoms with van der Waals surface area (Å²) in [6, 6.07) is 1.71. The van der Waals surface area contributed by atoms with Crippen LogP contribution < -0.4 is 10.6 Å². The van der Waals surface area contributed by atoms with E-state index in [9.17, 15) is 14.0 Å². The van der Waals surface area contributed by atoms with Gasteiger partial charge in [0.05, 0.1) is 6.07 Å². The van der Waals surface area contributed by atoms with Gasteiger partial charge < -0.3 is 10.6 Å². The number of nitrogens with zero attached hydrogens (tertiary/aromatic N) is 1. The van der Waals surface area contributed by atoms with E-state index in [1.165, 1.54) is 0 Å². The van der Waals surface area contributed by atoms with Gasteiger partial charge in [-0.2, -0.15) is 5.26 Å². The molecule has 2 aliphatic rings. The molecule has 0 spiro atoms. The largest absolute Gasteiger partial charge is 0.352 e. The van der Waals surface area contributed by atoms with Gasteiger partial charge in [-0.25, -0.2) is 4.39 Å². The quantitative estimate of drug-likeness (QED) is 0.778. The zero-order valence-electron chi connectivity index (χ0n) is 12.7. The highest BCUT2D eigenvalue weighted by atomic mass is 19.1. The van der Waals surface area contributed by atoms with Crippen LogP contribution in [0.1, 0.15) is 46.5 Å². The van der Waals surface area contributed by atoms with E-state index in [1.54, 1.807) is 20.8 Å². The zero-order valence-corrected chi connectivity index (χ0v) is 12.7. The SMILES string of the molecule is CC(C)NC(=O)C1(F)CC1CC(C)NC(=O)C1(C#N)CC1. The molecule has 0 radical (unpaired) electrons. The number of halogens is 1. The summed E-state index contributed by atoms with van der Waals surface area (Å²) in [4.78, 5) is 23.7. The molecule has 2 fully saturated rings. The molecule has 21 heavy (non-hydrogen) atoms. The van der Waals surface area contributed by atoms with Crippen molar-refractivity contribution >= 4 is 11.8 Å². The number of carbonyl (C=O) groups excluding carboxylic acids is 2. The first kappa shape index (κ1) is 15.7. The summed E-state index contributed by atoms with van der Waals surface area (Å²) in [5, 5.41) is 14.3. The molecule has 5 nitrogen and oxygen atoms in total. The van der Waals surface area contributed by atoms with E-state index < -0.39 is 17.0 Å². The Labute approximate surface area is 124 Å². The lowest BCUT2D eigenvalue weighted by molar-refractivity contribution is -0.128. The predicted octanol–water partition coefficient (Wildman–Crippen LogP) is 1.44. The van der Waals surface area contributed by atoms with Crippen molar-refractivity contribution in [3.63, 3.8) is 0 Å². The number of rotatable bonds is 6. The van der Waals surface area contributed by atoms with Crippen LogP contribution in [0.5, 0.6) is 0 Å². The van der Waals surface area contributed by atoms with Crippen LogP contribution in [-0.4, -0.2) is 29.6 Å². The Morgan fingerprint density at radius 2 is 1.90 bits per heavy atom. The fourth-order valence-corrected chi connectivity index (χ4v) is 2.59. The third-order valence-electron chi connectivity index (χ3n) is 4.24. The number of hydrogen-bond acceptors (Lipinski definition) is 3. The highest BCUT2D eigenvalue weighted by Crippen LogP contribution is 2.50. The maximum absolute atomic E-state index is 14.4. The van der Waals surface area contributed by atoms with Crippen LogP contribution in [0, 0.1) is 22.7 Å². The predicted molar refractivity (Wildman–Crippen MR) is 74.7 cm³/mol. The zero-order chi connectivity index (χ0) is 15.8. The molecule has 0 bridgehead atoms. The Morgan fingerprint density at radius 3 is 2.38 bits per heavy atom. The van der Waals surface area contributed by atoms with Crippen molar-refractivity contribution in [2.45, 2.75) is 64.2 Å². The van der Waals surface area contributed by atoms with Gasteiger partial charge in [0.25, 0.3) is 5.91 Å². The number of nitrogens with one attached hydrogen (secondary N) is 2. The van der Waals surface area contributed by atoms with Crippen molar-refractivity contribution in [3.8, 4) is 6.07 Å². The van der Waals surface area contributed by atoms with Gasteiger partial charge in [-0.1, -0.05) is 0 Å². The number of alkyl halides is 1. The number of amides is 2. The average molecular weight is 295 g/mol. The second kappa shape index (κ2) is 5.28. The molecule has 0 aromatic carbocycles. The van der Waals surface area contributed by atoms with Crippen molar-refractivity contribution in [2.24, 2.45) is 11.3 Å². The van der Waals surface area contributed by atoms with E-state index in [0.717, 1.165) is 0 Å². The summed E-state index contributed by atoms with van der Waals surface area (Å²) in [5.74, 6) is -1.19. The molecule has 2 amide bonds. The molecule has 0 aromatic rings. The Morgan fingerprint density at radius 1 is 1.29 bits per heavy atom. The molecule has 2 rings (SSSR count).